The summed E-state index contributed by atoms with van der Waals surface area (Å²) in [6, 6.07) is 0.324. The molecule has 5 nitrogen and oxygen atoms in total. The maximum Gasteiger partial charge on any atom is 0.282 e. The van der Waals surface area contributed by atoms with E-state index in [1.807, 2.05) is 4.31 Å². The SMILES string of the molecule is C[C@@H]1CCN(S(=O)(=O)N(C)C2CCOCC2)[C@H]2CCCC[C@H]12. The fourth-order valence-corrected chi connectivity index (χ4v) is 6.42. The Kier molecular flexibility index (Phi) is 5.12. The molecule has 0 spiro atoms. The van der Waals surface area contributed by atoms with E-state index in [0.29, 0.717) is 31.6 Å². The fourth-order valence-electron chi connectivity index (χ4n) is 4.56. The Hall–Kier alpha value is -0.170. The van der Waals surface area contributed by atoms with Crippen molar-refractivity contribution >= 4 is 10.2 Å². The monoisotopic (exact) mass is 330 g/mol. The highest BCUT2D eigenvalue weighted by Crippen LogP contribution is 2.40. The van der Waals surface area contributed by atoms with Crippen LogP contribution in [0.25, 0.3) is 0 Å². The zero-order chi connectivity index (χ0) is 15.7. The molecule has 3 rings (SSSR count). The van der Waals surface area contributed by atoms with Gasteiger partial charge in [-0.05, 0) is 43.9 Å². The fraction of sp³-hybridized carbons (Fsp3) is 1.00. The van der Waals surface area contributed by atoms with Crippen LogP contribution in [0.5, 0.6) is 0 Å². The first kappa shape index (κ1) is 16.7. The summed E-state index contributed by atoms with van der Waals surface area (Å²) in [4.78, 5) is 0. The van der Waals surface area contributed by atoms with Crippen LogP contribution in [-0.4, -0.2) is 55.9 Å². The third kappa shape index (κ3) is 3.07. The number of rotatable bonds is 3. The van der Waals surface area contributed by atoms with E-state index in [-0.39, 0.29) is 12.1 Å². The number of nitrogens with zero attached hydrogens (tertiary/aromatic N) is 2. The molecule has 22 heavy (non-hydrogen) atoms. The molecule has 0 aromatic heterocycles. The molecule has 0 radical (unpaired) electrons. The lowest BCUT2D eigenvalue weighted by molar-refractivity contribution is 0.0532. The Morgan fingerprint density at radius 1 is 1.05 bits per heavy atom. The highest BCUT2D eigenvalue weighted by atomic mass is 32.2. The van der Waals surface area contributed by atoms with Gasteiger partial charge in [-0.1, -0.05) is 19.8 Å². The van der Waals surface area contributed by atoms with Gasteiger partial charge in [0.2, 0.25) is 0 Å². The predicted molar refractivity (Wildman–Crippen MR) is 86.8 cm³/mol. The van der Waals surface area contributed by atoms with E-state index < -0.39 is 10.2 Å². The second-order valence-electron chi connectivity index (χ2n) is 7.26. The summed E-state index contributed by atoms with van der Waals surface area (Å²) < 4.78 is 35.2. The van der Waals surface area contributed by atoms with Crippen LogP contribution in [0.2, 0.25) is 0 Å². The van der Waals surface area contributed by atoms with Crippen molar-refractivity contribution in [3.63, 3.8) is 0 Å². The van der Waals surface area contributed by atoms with Crippen LogP contribution in [0.4, 0.5) is 0 Å². The lowest BCUT2D eigenvalue weighted by Gasteiger charge is -2.48. The van der Waals surface area contributed by atoms with Gasteiger partial charge >= 0.3 is 0 Å². The van der Waals surface area contributed by atoms with Gasteiger partial charge in [0.15, 0.2) is 0 Å². The van der Waals surface area contributed by atoms with Crippen molar-refractivity contribution in [1.82, 2.24) is 8.61 Å². The Morgan fingerprint density at radius 2 is 1.73 bits per heavy atom. The minimum atomic E-state index is -3.34. The minimum absolute atomic E-state index is 0.0974. The first-order valence-electron chi connectivity index (χ1n) is 8.84. The quantitative estimate of drug-likeness (QED) is 0.797. The molecule has 0 unspecified atom stereocenters. The van der Waals surface area contributed by atoms with Crippen LogP contribution in [0, 0.1) is 11.8 Å². The number of ether oxygens (including phenoxy) is 1. The molecule has 0 N–H and O–H groups in total. The Balaban J connectivity index is 1.78. The summed E-state index contributed by atoms with van der Waals surface area (Å²) in [6.07, 6.45) is 7.29. The van der Waals surface area contributed by atoms with Crippen LogP contribution in [0.15, 0.2) is 0 Å². The van der Waals surface area contributed by atoms with Gasteiger partial charge in [0.1, 0.15) is 0 Å². The van der Waals surface area contributed by atoms with Gasteiger partial charge in [0.05, 0.1) is 0 Å². The lowest BCUT2D eigenvalue weighted by Crippen LogP contribution is -2.57. The highest BCUT2D eigenvalue weighted by molar-refractivity contribution is 7.86. The Labute approximate surface area is 135 Å². The first-order valence-corrected chi connectivity index (χ1v) is 10.2. The molecule has 0 amide bonds. The predicted octanol–water partition coefficient (Wildman–Crippen LogP) is 2.24. The molecule has 6 heteroatoms. The van der Waals surface area contributed by atoms with Crippen LogP contribution >= 0.6 is 0 Å². The summed E-state index contributed by atoms with van der Waals surface area (Å²) in [5.74, 6) is 1.21. The number of hydrogen-bond donors (Lipinski definition) is 0. The summed E-state index contributed by atoms with van der Waals surface area (Å²) in [5.41, 5.74) is 0. The van der Waals surface area contributed by atoms with Crippen molar-refractivity contribution in [3.8, 4) is 0 Å². The summed E-state index contributed by atoms with van der Waals surface area (Å²) in [5, 5.41) is 0. The molecular formula is C16H30N2O3S. The zero-order valence-electron chi connectivity index (χ0n) is 13.9. The third-order valence-corrected chi connectivity index (χ3v) is 8.12. The van der Waals surface area contributed by atoms with E-state index in [9.17, 15) is 8.42 Å². The topological polar surface area (TPSA) is 49.9 Å². The normalized spacial score (nSPS) is 35.5. The van der Waals surface area contributed by atoms with Gasteiger partial charge in [0, 0.05) is 38.9 Å². The van der Waals surface area contributed by atoms with Crippen LogP contribution in [-0.2, 0) is 14.9 Å². The van der Waals surface area contributed by atoms with Crippen molar-refractivity contribution in [2.24, 2.45) is 11.8 Å². The molecule has 2 aliphatic heterocycles. The second kappa shape index (κ2) is 6.75. The van der Waals surface area contributed by atoms with Crippen molar-refractivity contribution in [2.75, 3.05) is 26.8 Å². The average Bonchev–Trinajstić information content (AvgIpc) is 2.55. The highest BCUT2D eigenvalue weighted by Gasteiger charge is 2.44. The second-order valence-corrected chi connectivity index (χ2v) is 9.20. The summed E-state index contributed by atoms with van der Waals surface area (Å²) in [7, 11) is -1.58. The molecule has 0 bridgehead atoms. The van der Waals surface area contributed by atoms with Crippen LogP contribution in [0.1, 0.15) is 51.9 Å². The van der Waals surface area contributed by atoms with Gasteiger partial charge in [0.25, 0.3) is 10.2 Å². The first-order chi connectivity index (χ1) is 10.5. The molecule has 1 saturated carbocycles. The van der Waals surface area contributed by atoms with E-state index in [1.54, 1.807) is 11.4 Å². The smallest absolute Gasteiger partial charge is 0.282 e. The molecule has 2 saturated heterocycles. The molecule has 3 fully saturated rings. The Bertz CT molecular complexity index is 476. The van der Waals surface area contributed by atoms with Crippen molar-refractivity contribution < 1.29 is 13.2 Å². The van der Waals surface area contributed by atoms with Gasteiger partial charge in [-0.25, -0.2) is 0 Å². The minimum Gasteiger partial charge on any atom is -0.381 e. The van der Waals surface area contributed by atoms with Crippen molar-refractivity contribution in [3.05, 3.63) is 0 Å². The average molecular weight is 330 g/mol. The van der Waals surface area contributed by atoms with Gasteiger partial charge in [-0.15, -0.1) is 0 Å². The van der Waals surface area contributed by atoms with E-state index in [1.165, 1.54) is 19.3 Å². The van der Waals surface area contributed by atoms with Crippen LogP contribution < -0.4 is 0 Å². The molecule has 128 valence electrons. The third-order valence-electron chi connectivity index (χ3n) is 6.05. The van der Waals surface area contributed by atoms with Gasteiger partial charge in [-0.3, -0.25) is 0 Å². The van der Waals surface area contributed by atoms with Gasteiger partial charge < -0.3 is 4.74 Å². The van der Waals surface area contributed by atoms with E-state index in [2.05, 4.69) is 6.92 Å². The number of hydrogen-bond acceptors (Lipinski definition) is 3. The van der Waals surface area contributed by atoms with E-state index >= 15 is 0 Å². The van der Waals surface area contributed by atoms with Crippen LogP contribution in [0.3, 0.4) is 0 Å². The summed E-state index contributed by atoms with van der Waals surface area (Å²) in [6.45, 7) is 4.34. The molecule has 1 aliphatic carbocycles. The summed E-state index contributed by atoms with van der Waals surface area (Å²) >= 11 is 0. The number of fused-ring (bicyclic) bond motifs is 1. The standard InChI is InChI=1S/C16H30N2O3S/c1-13-7-10-18(16-6-4-3-5-15(13)16)22(19,20)17(2)14-8-11-21-12-9-14/h13-16H,3-12H2,1-2H3/t13-,15-,16+/m1/s1. The molecule has 2 heterocycles. The van der Waals surface area contributed by atoms with Crippen molar-refractivity contribution in [1.29, 1.82) is 0 Å². The zero-order valence-corrected chi connectivity index (χ0v) is 14.7. The van der Waals surface area contributed by atoms with E-state index in [4.69, 9.17) is 4.74 Å². The maximum atomic E-state index is 13.2. The maximum absolute atomic E-state index is 13.2. The molecule has 0 aromatic carbocycles. The van der Waals surface area contributed by atoms with E-state index in [0.717, 1.165) is 25.7 Å². The largest absolute Gasteiger partial charge is 0.381 e. The molecule has 0 aromatic rings. The molecular weight excluding hydrogens is 300 g/mol. The number of piperidine rings is 1. The van der Waals surface area contributed by atoms with Gasteiger partial charge in [-0.2, -0.15) is 17.0 Å². The van der Waals surface area contributed by atoms with Crippen molar-refractivity contribution in [2.45, 2.75) is 64.0 Å². The molecule has 3 atom stereocenters. The molecule has 3 aliphatic rings. The lowest BCUT2D eigenvalue weighted by atomic mass is 9.74. The Morgan fingerprint density at radius 3 is 2.45 bits per heavy atom.